The zero-order chi connectivity index (χ0) is 9.68. The molecule has 1 unspecified atom stereocenters. The third-order valence-electron chi connectivity index (χ3n) is 2.43. The Hall–Kier alpha value is -0.0400. The Morgan fingerprint density at radius 3 is 3.00 bits per heavy atom. The van der Waals surface area contributed by atoms with Gasteiger partial charge in [0.05, 0.1) is 22.9 Å². The van der Waals surface area contributed by atoms with Gasteiger partial charge in [-0.15, -0.1) is 0 Å². The molecule has 1 aliphatic rings. The lowest BCUT2D eigenvalue weighted by molar-refractivity contribution is 0.137. The molecule has 0 aromatic rings. The van der Waals surface area contributed by atoms with Gasteiger partial charge in [0.25, 0.3) is 0 Å². The molecule has 1 heterocycles. The first-order valence-corrected chi connectivity index (χ1v) is 5.65. The lowest BCUT2D eigenvalue weighted by Crippen LogP contribution is -2.46. The molecule has 1 rings (SSSR count). The minimum absolute atomic E-state index is 0.0289. The Morgan fingerprint density at radius 2 is 2.38 bits per heavy atom. The Bertz CT molecular complexity index is 176. The van der Waals surface area contributed by atoms with Gasteiger partial charge >= 0.3 is 6.03 Å². The van der Waals surface area contributed by atoms with Crippen LogP contribution in [0.25, 0.3) is 0 Å². The summed E-state index contributed by atoms with van der Waals surface area (Å²) >= 11 is 1.85. The van der Waals surface area contributed by atoms with Crippen molar-refractivity contribution in [2.24, 2.45) is 0 Å². The molecule has 4 nitrogen and oxygen atoms in total. The van der Waals surface area contributed by atoms with Crippen molar-refractivity contribution in [3.63, 3.8) is 0 Å². The fourth-order valence-electron chi connectivity index (χ4n) is 1.77. The average molecular weight is 298 g/mol. The lowest BCUT2D eigenvalue weighted by atomic mass is 10.0. The molecule has 0 aromatic heterocycles. The third kappa shape index (κ3) is 2.98. The van der Waals surface area contributed by atoms with Gasteiger partial charge in [-0.2, -0.15) is 0 Å². The van der Waals surface area contributed by atoms with E-state index in [4.69, 9.17) is 5.11 Å². The predicted molar refractivity (Wildman–Crippen MR) is 58.6 cm³/mol. The number of nitrogens with one attached hydrogen (secondary N) is 1. The van der Waals surface area contributed by atoms with Crippen molar-refractivity contribution in [1.82, 2.24) is 8.43 Å². The number of rotatable bonds is 2. The number of piperidine rings is 1. The summed E-state index contributed by atoms with van der Waals surface area (Å²) < 4.78 is 2.60. The Kier molecular flexibility index (Phi) is 4.79. The molecule has 2 N–H and O–H groups in total. The zero-order valence-corrected chi connectivity index (χ0v) is 9.66. The van der Waals surface area contributed by atoms with Crippen molar-refractivity contribution < 1.29 is 9.90 Å². The summed E-state index contributed by atoms with van der Waals surface area (Å²) in [5, 5.41) is 8.83. The molecule has 1 saturated heterocycles. The number of carbonyl (C=O) groups is 1. The largest absolute Gasteiger partial charge is 0.396 e. The lowest BCUT2D eigenvalue weighted by Gasteiger charge is -2.34. The van der Waals surface area contributed by atoms with Gasteiger partial charge in [0.15, 0.2) is 0 Å². The van der Waals surface area contributed by atoms with E-state index in [0.717, 1.165) is 25.8 Å². The van der Waals surface area contributed by atoms with Crippen LogP contribution in [0.4, 0.5) is 4.79 Å². The normalized spacial score (nSPS) is 22.9. The smallest absolute Gasteiger partial charge is 0.326 e. The highest BCUT2D eigenvalue weighted by Gasteiger charge is 2.25. The number of nitrogens with zero attached hydrogens (tertiary/aromatic N) is 1. The standard InChI is InChI=1S/C8H15IN2O2/c9-10-8(13)11-5-2-1-3-7(11)4-6-12/h7,12H,1-6H2,(H,10,13). The minimum Gasteiger partial charge on any atom is -0.396 e. The monoisotopic (exact) mass is 298 g/mol. The summed E-state index contributed by atoms with van der Waals surface area (Å²) in [7, 11) is 0. The van der Waals surface area contributed by atoms with Gasteiger partial charge in [0.1, 0.15) is 0 Å². The van der Waals surface area contributed by atoms with Gasteiger partial charge in [-0.1, -0.05) is 0 Å². The average Bonchev–Trinajstić information content (AvgIpc) is 2.18. The molecule has 0 bridgehead atoms. The summed E-state index contributed by atoms with van der Waals surface area (Å²) in [4.78, 5) is 13.2. The maximum atomic E-state index is 11.4. The van der Waals surface area contributed by atoms with Crippen LogP contribution in [0.15, 0.2) is 0 Å². The van der Waals surface area contributed by atoms with Crippen LogP contribution in [0.5, 0.6) is 0 Å². The maximum Gasteiger partial charge on any atom is 0.326 e. The molecule has 5 heteroatoms. The molecule has 1 atom stereocenters. The highest BCUT2D eigenvalue weighted by molar-refractivity contribution is 14.1. The van der Waals surface area contributed by atoms with Crippen molar-refractivity contribution >= 4 is 28.9 Å². The van der Waals surface area contributed by atoms with Crippen LogP contribution in [0.1, 0.15) is 25.7 Å². The molecule has 0 aromatic carbocycles. The van der Waals surface area contributed by atoms with E-state index in [2.05, 4.69) is 3.53 Å². The quantitative estimate of drug-likeness (QED) is 0.596. The molecule has 0 radical (unpaired) electrons. The molecular weight excluding hydrogens is 283 g/mol. The summed E-state index contributed by atoms with van der Waals surface area (Å²) in [5.74, 6) is 0. The third-order valence-corrected chi connectivity index (χ3v) is 2.89. The van der Waals surface area contributed by atoms with Gasteiger partial charge in [0, 0.05) is 19.2 Å². The number of likely N-dealkylation sites (tertiary alicyclic amines) is 1. The zero-order valence-electron chi connectivity index (χ0n) is 7.50. The fraction of sp³-hybridized carbons (Fsp3) is 0.875. The van der Waals surface area contributed by atoms with Gasteiger partial charge in [-0.25, -0.2) is 4.79 Å². The molecule has 13 heavy (non-hydrogen) atoms. The van der Waals surface area contributed by atoms with Crippen LogP contribution in [-0.4, -0.2) is 35.2 Å². The van der Waals surface area contributed by atoms with Crippen LogP contribution in [0.3, 0.4) is 0 Å². The second kappa shape index (κ2) is 5.64. The molecular formula is C8H15IN2O2. The fourth-order valence-corrected chi connectivity index (χ4v) is 2.08. The van der Waals surface area contributed by atoms with E-state index >= 15 is 0 Å². The number of hydrogen-bond donors (Lipinski definition) is 2. The number of hydrogen-bond acceptors (Lipinski definition) is 2. The summed E-state index contributed by atoms with van der Waals surface area (Å²) in [6.07, 6.45) is 3.95. The summed E-state index contributed by atoms with van der Waals surface area (Å²) in [6.45, 7) is 0.981. The van der Waals surface area contributed by atoms with Crippen molar-refractivity contribution in [2.75, 3.05) is 13.2 Å². The first kappa shape index (κ1) is 11.0. The van der Waals surface area contributed by atoms with Crippen LogP contribution in [-0.2, 0) is 0 Å². The van der Waals surface area contributed by atoms with Gasteiger partial charge < -0.3 is 10.0 Å². The van der Waals surface area contributed by atoms with Crippen molar-refractivity contribution in [3.05, 3.63) is 0 Å². The number of aliphatic hydroxyl groups excluding tert-OH is 1. The maximum absolute atomic E-state index is 11.4. The number of urea groups is 1. The summed E-state index contributed by atoms with van der Waals surface area (Å²) in [5.41, 5.74) is 0. The van der Waals surface area contributed by atoms with Gasteiger partial charge in [0.2, 0.25) is 0 Å². The van der Waals surface area contributed by atoms with Crippen molar-refractivity contribution in [3.8, 4) is 0 Å². The van der Waals surface area contributed by atoms with E-state index in [0.29, 0.717) is 6.42 Å². The number of aliphatic hydroxyl groups is 1. The second-order valence-corrected chi connectivity index (χ2v) is 3.79. The first-order chi connectivity index (χ1) is 6.29. The number of amides is 2. The van der Waals surface area contributed by atoms with E-state index in [1.54, 1.807) is 0 Å². The van der Waals surface area contributed by atoms with E-state index in [-0.39, 0.29) is 18.7 Å². The van der Waals surface area contributed by atoms with E-state index in [9.17, 15) is 4.79 Å². The molecule has 0 spiro atoms. The highest BCUT2D eigenvalue weighted by Crippen LogP contribution is 2.19. The van der Waals surface area contributed by atoms with Crippen LogP contribution < -0.4 is 3.53 Å². The van der Waals surface area contributed by atoms with Gasteiger partial charge in [-0.3, -0.25) is 3.53 Å². The van der Waals surface area contributed by atoms with E-state index in [1.807, 2.05) is 27.8 Å². The SMILES string of the molecule is O=C(NI)N1CCCCC1CCO. The Balaban J connectivity index is 2.50. The topological polar surface area (TPSA) is 52.6 Å². The Labute approximate surface area is 92.2 Å². The molecule has 1 aliphatic heterocycles. The van der Waals surface area contributed by atoms with Crippen molar-refractivity contribution in [2.45, 2.75) is 31.7 Å². The predicted octanol–water partition coefficient (Wildman–Crippen LogP) is 1.28. The van der Waals surface area contributed by atoms with Crippen LogP contribution >= 0.6 is 22.9 Å². The van der Waals surface area contributed by atoms with Crippen LogP contribution in [0, 0.1) is 0 Å². The first-order valence-electron chi connectivity index (χ1n) is 4.57. The van der Waals surface area contributed by atoms with Crippen molar-refractivity contribution in [1.29, 1.82) is 0 Å². The molecule has 2 amide bonds. The Morgan fingerprint density at radius 1 is 1.62 bits per heavy atom. The number of halogens is 1. The summed E-state index contributed by atoms with van der Waals surface area (Å²) in [6, 6.07) is 0.201. The molecule has 1 fully saturated rings. The van der Waals surface area contributed by atoms with Crippen LogP contribution in [0.2, 0.25) is 0 Å². The van der Waals surface area contributed by atoms with E-state index in [1.165, 1.54) is 0 Å². The second-order valence-electron chi connectivity index (χ2n) is 3.25. The highest BCUT2D eigenvalue weighted by atomic mass is 127. The minimum atomic E-state index is -0.0289. The van der Waals surface area contributed by atoms with Gasteiger partial charge in [-0.05, 0) is 25.7 Å². The molecule has 0 saturated carbocycles. The molecule has 76 valence electrons. The van der Waals surface area contributed by atoms with E-state index < -0.39 is 0 Å². The molecule has 0 aliphatic carbocycles. The number of carbonyl (C=O) groups excluding carboxylic acids is 1.